The summed E-state index contributed by atoms with van der Waals surface area (Å²) in [5.74, 6) is 1.11. The normalized spacial score (nSPS) is 33.8. The Kier molecular flexibility index (Phi) is 3.65. The Morgan fingerprint density at radius 1 is 1.44 bits per heavy atom. The van der Waals surface area contributed by atoms with Crippen molar-refractivity contribution in [2.75, 3.05) is 19.6 Å². The second kappa shape index (κ2) is 5.10. The summed E-state index contributed by atoms with van der Waals surface area (Å²) in [5, 5.41) is 9.97. The van der Waals surface area contributed by atoms with Gasteiger partial charge in [-0.05, 0) is 30.9 Å². The molecule has 18 heavy (non-hydrogen) atoms. The number of thiophene rings is 1. The van der Waals surface area contributed by atoms with E-state index in [-0.39, 0.29) is 12.1 Å². The molecule has 4 atom stereocenters. The fourth-order valence-corrected chi connectivity index (χ4v) is 4.69. The smallest absolute Gasteiger partial charge is 0.0931 e. The van der Waals surface area contributed by atoms with Crippen molar-refractivity contribution in [3.05, 3.63) is 21.3 Å². The first-order valence-electron chi connectivity index (χ1n) is 6.56. The van der Waals surface area contributed by atoms with Crippen LogP contribution in [0.1, 0.15) is 23.8 Å². The van der Waals surface area contributed by atoms with E-state index in [0.29, 0.717) is 18.4 Å². The molecule has 0 amide bonds. The summed E-state index contributed by atoms with van der Waals surface area (Å²) in [6, 6.07) is 4.28. The van der Waals surface area contributed by atoms with Gasteiger partial charge in [0.2, 0.25) is 0 Å². The van der Waals surface area contributed by atoms with Crippen molar-refractivity contribution in [2.45, 2.75) is 25.0 Å². The molecule has 3 N–H and O–H groups in total. The van der Waals surface area contributed by atoms with Crippen LogP contribution in [0.25, 0.3) is 0 Å². The van der Waals surface area contributed by atoms with Gasteiger partial charge >= 0.3 is 0 Å². The number of aliphatic hydroxyl groups is 1. The summed E-state index contributed by atoms with van der Waals surface area (Å²) in [6.07, 6.45) is 2.02. The van der Waals surface area contributed by atoms with E-state index in [2.05, 4.69) is 11.0 Å². The Labute approximate surface area is 117 Å². The van der Waals surface area contributed by atoms with Crippen molar-refractivity contribution in [1.82, 2.24) is 4.90 Å². The van der Waals surface area contributed by atoms with E-state index in [1.54, 1.807) is 11.3 Å². The number of aliphatic hydroxyl groups excluding tert-OH is 1. The number of halogens is 1. The summed E-state index contributed by atoms with van der Waals surface area (Å²) in [4.78, 5) is 3.68. The highest BCUT2D eigenvalue weighted by Crippen LogP contribution is 2.42. The highest BCUT2D eigenvalue weighted by Gasteiger charge is 2.43. The summed E-state index contributed by atoms with van der Waals surface area (Å²) in [7, 11) is 0. The van der Waals surface area contributed by atoms with Crippen LogP contribution < -0.4 is 5.73 Å². The van der Waals surface area contributed by atoms with Gasteiger partial charge in [-0.3, -0.25) is 4.90 Å². The largest absolute Gasteiger partial charge is 0.393 e. The molecule has 3 rings (SSSR count). The molecule has 0 bridgehead atoms. The molecule has 1 aromatic heterocycles. The summed E-state index contributed by atoms with van der Waals surface area (Å²) in [6.45, 7) is 2.66. The van der Waals surface area contributed by atoms with Crippen molar-refractivity contribution in [3.8, 4) is 0 Å². The first-order valence-corrected chi connectivity index (χ1v) is 7.76. The third-order valence-corrected chi connectivity index (χ3v) is 5.77. The molecule has 2 fully saturated rings. The Bertz CT molecular complexity index is 425. The molecule has 5 heteroatoms. The lowest BCUT2D eigenvalue weighted by atomic mass is 10.00. The predicted molar refractivity (Wildman–Crippen MR) is 74.9 cm³/mol. The molecule has 2 aliphatic rings. The Morgan fingerprint density at radius 2 is 2.28 bits per heavy atom. The zero-order chi connectivity index (χ0) is 12.7. The lowest BCUT2D eigenvalue weighted by molar-refractivity contribution is 0.118. The van der Waals surface area contributed by atoms with Gasteiger partial charge < -0.3 is 10.8 Å². The first-order chi connectivity index (χ1) is 8.69. The topological polar surface area (TPSA) is 49.5 Å². The van der Waals surface area contributed by atoms with Crippen molar-refractivity contribution in [1.29, 1.82) is 0 Å². The molecule has 0 radical (unpaired) electrons. The third kappa shape index (κ3) is 2.21. The predicted octanol–water partition coefficient (Wildman–Crippen LogP) is 2.10. The molecule has 1 aliphatic carbocycles. The molecule has 0 spiro atoms. The lowest BCUT2D eigenvalue weighted by Gasteiger charge is -2.26. The van der Waals surface area contributed by atoms with Crippen LogP contribution in [0.4, 0.5) is 0 Å². The van der Waals surface area contributed by atoms with Crippen LogP contribution >= 0.6 is 22.9 Å². The number of fused-ring (bicyclic) bond motifs is 1. The standard InChI is InChI=1S/C13H19ClN2OS/c14-13-4-3-12(18-13)10(5-15)16-6-8-1-2-11(17)9(8)7-16/h3-4,8-11,17H,1-2,5-7,15H2. The zero-order valence-electron chi connectivity index (χ0n) is 10.3. The van der Waals surface area contributed by atoms with Gasteiger partial charge in [0.1, 0.15) is 0 Å². The SMILES string of the molecule is NCC(c1ccc(Cl)s1)N1CC2CCC(O)C2C1. The molecule has 3 nitrogen and oxygen atoms in total. The van der Waals surface area contributed by atoms with E-state index in [1.807, 2.05) is 6.07 Å². The van der Waals surface area contributed by atoms with E-state index in [9.17, 15) is 5.11 Å². The van der Waals surface area contributed by atoms with Crippen LogP contribution in [0.3, 0.4) is 0 Å². The summed E-state index contributed by atoms with van der Waals surface area (Å²) < 4.78 is 0.822. The number of hydrogen-bond acceptors (Lipinski definition) is 4. The maximum atomic E-state index is 9.97. The molecule has 1 saturated heterocycles. The maximum Gasteiger partial charge on any atom is 0.0931 e. The van der Waals surface area contributed by atoms with Gasteiger partial charge in [-0.1, -0.05) is 11.6 Å². The van der Waals surface area contributed by atoms with Gasteiger partial charge in [-0.25, -0.2) is 0 Å². The van der Waals surface area contributed by atoms with Gasteiger partial charge in [0.15, 0.2) is 0 Å². The highest BCUT2D eigenvalue weighted by molar-refractivity contribution is 7.16. The number of hydrogen-bond donors (Lipinski definition) is 2. The van der Waals surface area contributed by atoms with Gasteiger partial charge in [0, 0.05) is 30.4 Å². The first kappa shape index (κ1) is 12.9. The van der Waals surface area contributed by atoms with Crippen molar-refractivity contribution in [2.24, 2.45) is 17.6 Å². The van der Waals surface area contributed by atoms with E-state index in [1.165, 1.54) is 4.88 Å². The molecule has 100 valence electrons. The second-order valence-electron chi connectivity index (χ2n) is 5.42. The number of nitrogens with zero attached hydrogens (tertiary/aromatic N) is 1. The molecule has 2 heterocycles. The van der Waals surface area contributed by atoms with E-state index in [4.69, 9.17) is 17.3 Å². The molecular weight excluding hydrogens is 268 g/mol. The lowest BCUT2D eigenvalue weighted by Crippen LogP contribution is -2.33. The quantitative estimate of drug-likeness (QED) is 0.895. The van der Waals surface area contributed by atoms with Crippen LogP contribution in [0.5, 0.6) is 0 Å². The van der Waals surface area contributed by atoms with E-state index < -0.39 is 0 Å². The minimum absolute atomic E-state index is 0.106. The summed E-state index contributed by atoms with van der Waals surface area (Å²) >= 11 is 7.62. The van der Waals surface area contributed by atoms with Crippen LogP contribution in [-0.4, -0.2) is 35.7 Å². The fourth-order valence-electron chi connectivity index (χ4n) is 3.48. The molecule has 0 aromatic carbocycles. The summed E-state index contributed by atoms with van der Waals surface area (Å²) in [5.41, 5.74) is 5.94. The van der Waals surface area contributed by atoms with E-state index in [0.717, 1.165) is 30.3 Å². The minimum Gasteiger partial charge on any atom is -0.393 e. The monoisotopic (exact) mass is 286 g/mol. The third-order valence-electron chi connectivity index (χ3n) is 4.43. The average molecular weight is 287 g/mol. The Hall–Kier alpha value is -0.130. The van der Waals surface area contributed by atoms with Crippen molar-refractivity contribution >= 4 is 22.9 Å². The van der Waals surface area contributed by atoms with Crippen molar-refractivity contribution in [3.63, 3.8) is 0 Å². The fraction of sp³-hybridized carbons (Fsp3) is 0.692. The number of nitrogens with two attached hydrogens (primary N) is 1. The number of likely N-dealkylation sites (tertiary alicyclic amines) is 1. The minimum atomic E-state index is -0.106. The van der Waals surface area contributed by atoms with Crippen LogP contribution in [-0.2, 0) is 0 Å². The van der Waals surface area contributed by atoms with Crippen LogP contribution in [0, 0.1) is 11.8 Å². The Balaban J connectivity index is 1.74. The average Bonchev–Trinajstić information content (AvgIpc) is 3.01. The molecular formula is C13H19ClN2OS. The van der Waals surface area contributed by atoms with Crippen molar-refractivity contribution < 1.29 is 5.11 Å². The molecule has 1 saturated carbocycles. The Morgan fingerprint density at radius 3 is 2.89 bits per heavy atom. The van der Waals surface area contributed by atoms with Gasteiger partial charge in [0.25, 0.3) is 0 Å². The van der Waals surface area contributed by atoms with Gasteiger partial charge in [-0.15, -0.1) is 11.3 Å². The van der Waals surface area contributed by atoms with Crippen LogP contribution in [0.2, 0.25) is 4.34 Å². The van der Waals surface area contributed by atoms with Crippen LogP contribution in [0.15, 0.2) is 12.1 Å². The molecule has 1 aliphatic heterocycles. The maximum absolute atomic E-state index is 9.97. The highest BCUT2D eigenvalue weighted by atomic mass is 35.5. The number of rotatable bonds is 3. The zero-order valence-corrected chi connectivity index (χ0v) is 11.8. The second-order valence-corrected chi connectivity index (χ2v) is 7.16. The van der Waals surface area contributed by atoms with Gasteiger partial charge in [-0.2, -0.15) is 0 Å². The molecule has 1 aromatic rings. The van der Waals surface area contributed by atoms with E-state index >= 15 is 0 Å². The van der Waals surface area contributed by atoms with Gasteiger partial charge in [0.05, 0.1) is 16.5 Å². The molecule has 4 unspecified atom stereocenters.